The van der Waals surface area contributed by atoms with Crippen molar-refractivity contribution in [1.82, 2.24) is 13.9 Å². The van der Waals surface area contributed by atoms with Gasteiger partial charge in [-0.1, -0.05) is 0 Å². The highest BCUT2D eigenvalue weighted by molar-refractivity contribution is 7.89. The summed E-state index contributed by atoms with van der Waals surface area (Å²) in [5.41, 5.74) is 0. The van der Waals surface area contributed by atoms with Crippen molar-refractivity contribution >= 4 is 10.0 Å². The lowest BCUT2D eigenvalue weighted by Crippen LogP contribution is -2.46. The Kier molecular flexibility index (Phi) is 4.04. The van der Waals surface area contributed by atoms with Gasteiger partial charge in [-0.2, -0.15) is 4.31 Å². The van der Waals surface area contributed by atoms with Crippen LogP contribution in [-0.2, 0) is 26.5 Å². The lowest BCUT2D eigenvalue weighted by atomic mass is 10.2. The van der Waals surface area contributed by atoms with Crippen molar-refractivity contribution in [3.8, 4) is 0 Å². The van der Waals surface area contributed by atoms with Gasteiger partial charge in [-0.05, 0) is 19.8 Å². The molecule has 0 aromatic carbocycles. The molecular formula is C13H21N3O4S. The minimum absolute atomic E-state index is 0.00103. The standard InChI is InChI=1S/C13H21N3O4S/c1-3-19-13-10-4-5-11(13)20-7-6-16(10)21(17,18)12-8-15(2)9-14-12/h8-11,13H,3-7H2,1-2H3. The number of aryl methyl sites for hydroxylation is 1. The predicted octanol–water partition coefficient (Wildman–Crippen LogP) is 0.377. The second kappa shape index (κ2) is 5.68. The van der Waals surface area contributed by atoms with E-state index >= 15 is 0 Å². The first-order valence-corrected chi connectivity index (χ1v) is 8.71. The smallest absolute Gasteiger partial charge is 0.262 e. The maximum atomic E-state index is 12.8. The van der Waals surface area contributed by atoms with Crippen LogP contribution in [0.25, 0.3) is 0 Å². The molecule has 1 saturated carbocycles. The van der Waals surface area contributed by atoms with Gasteiger partial charge in [0, 0.05) is 26.4 Å². The second-order valence-electron chi connectivity index (χ2n) is 5.47. The molecule has 8 heteroatoms. The number of imidazole rings is 1. The van der Waals surface area contributed by atoms with E-state index in [0.29, 0.717) is 19.8 Å². The maximum absolute atomic E-state index is 12.8. The zero-order valence-electron chi connectivity index (χ0n) is 12.3. The molecule has 3 atom stereocenters. The molecule has 2 bridgehead atoms. The van der Waals surface area contributed by atoms with Crippen LogP contribution in [0.15, 0.2) is 17.6 Å². The molecule has 3 rings (SSSR count). The summed E-state index contributed by atoms with van der Waals surface area (Å²) in [5, 5.41) is 0.0885. The van der Waals surface area contributed by atoms with Gasteiger partial charge in [-0.3, -0.25) is 0 Å². The van der Waals surface area contributed by atoms with Gasteiger partial charge in [0.2, 0.25) is 0 Å². The molecule has 118 valence electrons. The first-order chi connectivity index (χ1) is 10.0. The van der Waals surface area contributed by atoms with Crippen molar-refractivity contribution in [2.24, 2.45) is 7.05 Å². The summed E-state index contributed by atoms with van der Waals surface area (Å²) >= 11 is 0. The normalized spacial score (nSPS) is 30.5. The van der Waals surface area contributed by atoms with Crippen molar-refractivity contribution in [3.63, 3.8) is 0 Å². The van der Waals surface area contributed by atoms with Gasteiger partial charge in [-0.25, -0.2) is 13.4 Å². The SMILES string of the molecule is CCOC1C2CCC1N(S(=O)(=O)c1cn(C)cn1)CCO2. The number of ether oxygens (including phenoxy) is 2. The highest BCUT2D eigenvalue weighted by atomic mass is 32.2. The van der Waals surface area contributed by atoms with E-state index in [2.05, 4.69) is 4.98 Å². The molecule has 1 aromatic heterocycles. The lowest BCUT2D eigenvalue weighted by molar-refractivity contribution is -0.0470. The second-order valence-corrected chi connectivity index (χ2v) is 7.30. The Balaban J connectivity index is 1.93. The Morgan fingerprint density at radius 3 is 2.95 bits per heavy atom. The van der Waals surface area contributed by atoms with Crippen LogP contribution in [0, 0.1) is 0 Å². The van der Waals surface area contributed by atoms with Crippen LogP contribution in [0.5, 0.6) is 0 Å². The van der Waals surface area contributed by atoms with Crippen LogP contribution in [0.1, 0.15) is 19.8 Å². The fraction of sp³-hybridized carbons (Fsp3) is 0.769. The van der Waals surface area contributed by atoms with E-state index in [0.717, 1.165) is 12.8 Å². The third kappa shape index (κ3) is 2.61. The Hall–Kier alpha value is -0.960. The topological polar surface area (TPSA) is 73.7 Å². The van der Waals surface area contributed by atoms with Crippen molar-refractivity contribution in [2.75, 3.05) is 19.8 Å². The van der Waals surface area contributed by atoms with Crippen molar-refractivity contribution in [3.05, 3.63) is 12.5 Å². The number of fused-ring (bicyclic) bond motifs is 2. The van der Waals surface area contributed by atoms with Gasteiger partial charge in [0.25, 0.3) is 10.0 Å². The third-order valence-electron chi connectivity index (χ3n) is 4.12. The van der Waals surface area contributed by atoms with Crippen LogP contribution in [0.3, 0.4) is 0 Å². The van der Waals surface area contributed by atoms with Crippen LogP contribution in [-0.4, -0.2) is 60.3 Å². The summed E-state index contributed by atoms with van der Waals surface area (Å²) in [4.78, 5) is 4.00. The van der Waals surface area contributed by atoms with Gasteiger partial charge in [0.1, 0.15) is 6.10 Å². The number of sulfonamides is 1. The van der Waals surface area contributed by atoms with Gasteiger partial charge >= 0.3 is 0 Å². The summed E-state index contributed by atoms with van der Waals surface area (Å²) in [5.74, 6) is 0. The highest BCUT2D eigenvalue weighted by Gasteiger charge is 2.47. The van der Waals surface area contributed by atoms with Gasteiger partial charge in [0.05, 0.1) is 25.1 Å². The zero-order valence-corrected chi connectivity index (χ0v) is 13.1. The van der Waals surface area contributed by atoms with E-state index in [1.807, 2.05) is 6.92 Å². The molecule has 0 radical (unpaired) electrons. The van der Waals surface area contributed by atoms with Crippen molar-refractivity contribution in [2.45, 2.75) is 43.0 Å². The molecule has 0 spiro atoms. The molecule has 21 heavy (non-hydrogen) atoms. The van der Waals surface area contributed by atoms with E-state index in [9.17, 15) is 8.42 Å². The fourth-order valence-electron chi connectivity index (χ4n) is 3.21. The maximum Gasteiger partial charge on any atom is 0.262 e. The number of hydrogen-bond acceptors (Lipinski definition) is 5. The molecule has 1 saturated heterocycles. The van der Waals surface area contributed by atoms with Crippen LogP contribution in [0.4, 0.5) is 0 Å². The van der Waals surface area contributed by atoms with E-state index in [1.165, 1.54) is 16.8 Å². The summed E-state index contributed by atoms with van der Waals surface area (Å²) in [6, 6.07) is -0.163. The van der Waals surface area contributed by atoms with Crippen LogP contribution in [0.2, 0.25) is 0 Å². The summed E-state index contributed by atoms with van der Waals surface area (Å²) < 4.78 is 40.3. The number of hydrogen-bond donors (Lipinski definition) is 0. The quantitative estimate of drug-likeness (QED) is 0.803. The highest BCUT2D eigenvalue weighted by Crippen LogP contribution is 2.34. The van der Waals surface area contributed by atoms with Gasteiger partial charge in [0.15, 0.2) is 5.03 Å². The average Bonchev–Trinajstić information content (AvgIpc) is 2.95. The number of nitrogens with zero attached hydrogens (tertiary/aromatic N) is 3. The Labute approximate surface area is 124 Å². The molecular weight excluding hydrogens is 294 g/mol. The first-order valence-electron chi connectivity index (χ1n) is 7.27. The molecule has 3 unspecified atom stereocenters. The average molecular weight is 315 g/mol. The van der Waals surface area contributed by atoms with Gasteiger partial charge in [-0.15, -0.1) is 0 Å². The zero-order chi connectivity index (χ0) is 15.0. The first kappa shape index (κ1) is 15.0. The monoisotopic (exact) mass is 315 g/mol. The van der Waals surface area contributed by atoms with Crippen molar-refractivity contribution in [1.29, 1.82) is 0 Å². The predicted molar refractivity (Wildman–Crippen MR) is 75.3 cm³/mol. The summed E-state index contributed by atoms with van der Waals surface area (Å²) in [6.07, 6.45) is 4.45. The molecule has 0 N–H and O–H groups in total. The molecule has 1 aliphatic carbocycles. The molecule has 1 aliphatic heterocycles. The molecule has 7 nitrogen and oxygen atoms in total. The molecule has 0 amide bonds. The molecule has 2 aliphatic rings. The Morgan fingerprint density at radius 2 is 2.29 bits per heavy atom. The number of rotatable bonds is 4. The Bertz CT molecular complexity index is 600. The largest absolute Gasteiger partial charge is 0.374 e. The van der Waals surface area contributed by atoms with Crippen LogP contribution < -0.4 is 0 Å². The van der Waals surface area contributed by atoms with Crippen LogP contribution >= 0.6 is 0 Å². The molecule has 2 heterocycles. The van der Waals surface area contributed by atoms with E-state index in [4.69, 9.17) is 9.47 Å². The van der Waals surface area contributed by atoms with E-state index < -0.39 is 10.0 Å². The third-order valence-corrected chi connectivity index (χ3v) is 5.93. The molecule has 2 fully saturated rings. The Morgan fingerprint density at radius 1 is 1.48 bits per heavy atom. The van der Waals surface area contributed by atoms with Crippen molar-refractivity contribution < 1.29 is 17.9 Å². The van der Waals surface area contributed by atoms with E-state index in [1.54, 1.807) is 11.6 Å². The summed E-state index contributed by atoms with van der Waals surface area (Å²) in [7, 11) is -1.85. The van der Waals surface area contributed by atoms with Gasteiger partial charge < -0.3 is 14.0 Å². The fourth-order valence-corrected chi connectivity index (χ4v) is 4.83. The van der Waals surface area contributed by atoms with E-state index in [-0.39, 0.29) is 23.3 Å². The minimum Gasteiger partial charge on any atom is -0.374 e. The summed E-state index contributed by atoms with van der Waals surface area (Å²) in [6.45, 7) is 3.22. The molecule has 1 aromatic rings. The minimum atomic E-state index is -3.61. The number of aromatic nitrogens is 2. The lowest BCUT2D eigenvalue weighted by Gasteiger charge is -2.29.